The lowest BCUT2D eigenvalue weighted by Crippen LogP contribution is -2.38. The van der Waals surface area contributed by atoms with Crippen molar-refractivity contribution in [2.75, 3.05) is 13.2 Å². The number of hydrogen-bond acceptors (Lipinski definition) is 3. The van der Waals surface area contributed by atoms with E-state index < -0.39 is 0 Å². The molecule has 0 spiro atoms. The number of carbonyl (C=O) groups is 1. The maximum Gasteiger partial charge on any atom is 0.220 e. The van der Waals surface area contributed by atoms with E-state index in [0.29, 0.717) is 47.7 Å². The molecule has 2 rings (SSSR count). The monoisotopic (exact) mass is 366 g/mol. The lowest BCUT2D eigenvalue weighted by molar-refractivity contribution is -0.121. The number of carbonyl (C=O) groups excluding carboxylic acids is 1. The number of nitrogens with one attached hydrogen (secondary N) is 1. The van der Waals surface area contributed by atoms with Crippen LogP contribution in [0.5, 0.6) is 5.75 Å². The van der Waals surface area contributed by atoms with Crippen molar-refractivity contribution >= 4 is 41.5 Å². The second-order valence-corrected chi connectivity index (χ2v) is 6.18. The number of amides is 1. The lowest BCUT2D eigenvalue weighted by Gasteiger charge is -2.12. The van der Waals surface area contributed by atoms with E-state index in [9.17, 15) is 4.79 Å². The summed E-state index contributed by atoms with van der Waals surface area (Å²) in [5.41, 5.74) is 5.92. The second-order valence-electron chi connectivity index (χ2n) is 5.33. The molecule has 0 aromatic heterocycles. The Balaban J connectivity index is 0.00000242. The Bertz CT molecular complexity index is 496. The van der Waals surface area contributed by atoms with Crippen LogP contribution in [0.2, 0.25) is 10.0 Å². The van der Waals surface area contributed by atoms with E-state index in [1.807, 2.05) is 0 Å². The van der Waals surface area contributed by atoms with Gasteiger partial charge in [-0.1, -0.05) is 23.2 Å². The molecule has 1 atom stereocenters. The molecule has 0 radical (unpaired) electrons. The topological polar surface area (TPSA) is 64.3 Å². The molecule has 1 fully saturated rings. The summed E-state index contributed by atoms with van der Waals surface area (Å²) in [7, 11) is 0. The molecule has 1 aliphatic carbocycles. The van der Waals surface area contributed by atoms with Gasteiger partial charge in [0.05, 0.1) is 11.6 Å². The van der Waals surface area contributed by atoms with Crippen molar-refractivity contribution in [1.29, 1.82) is 0 Å². The number of rotatable bonds is 8. The van der Waals surface area contributed by atoms with Crippen LogP contribution in [0.4, 0.5) is 0 Å². The van der Waals surface area contributed by atoms with Crippen LogP contribution in [0.15, 0.2) is 18.2 Å². The molecular weight excluding hydrogens is 347 g/mol. The average Bonchev–Trinajstić information content (AvgIpc) is 3.27. The van der Waals surface area contributed by atoms with Gasteiger partial charge < -0.3 is 15.8 Å². The van der Waals surface area contributed by atoms with Gasteiger partial charge in [0.1, 0.15) is 5.75 Å². The zero-order valence-corrected chi connectivity index (χ0v) is 14.5. The zero-order chi connectivity index (χ0) is 15.2. The van der Waals surface area contributed by atoms with Gasteiger partial charge in [-0.2, -0.15) is 0 Å². The first-order valence-electron chi connectivity index (χ1n) is 7.16. The molecule has 0 bridgehead atoms. The second kappa shape index (κ2) is 9.46. The molecule has 1 amide bonds. The molecule has 1 aliphatic rings. The van der Waals surface area contributed by atoms with Crippen molar-refractivity contribution < 1.29 is 9.53 Å². The van der Waals surface area contributed by atoms with Gasteiger partial charge in [0, 0.05) is 24.0 Å². The Morgan fingerprint density at radius 1 is 1.41 bits per heavy atom. The van der Waals surface area contributed by atoms with Crippen LogP contribution in [0, 0.1) is 5.92 Å². The summed E-state index contributed by atoms with van der Waals surface area (Å²) < 4.78 is 5.52. The van der Waals surface area contributed by atoms with Crippen molar-refractivity contribution in [3.05, 3.63) is 28.2 Å². The van der Waals surface area contributed by atoms with E-state index >= 15 is 0 Å². The number of hydrogen-bond donors (Lipinski definition) is 2. The summed E-state index contributed by atoms with van der Waals surface area (Å²) >= 11 is 11.8. The third-order valence-electron chi connectivity index (χ3n) is 3.46. The first-order valence-corrected chi connectivity index (χ1v) is 7.92. The minimum atomic E-state index is 0. The van der Waals surface area contributed by atoms with E-state index in [1.54, 1.807) is 18.2 Å². The van der Waals surface area contributed by atoms with Crippen molar-refractivity contribution in [3.63, 3.8) is 0 Å². The number of ether oxygens (including phenoxy) is 1. The van der Waals surface area contributed by atoms with Crippen LogP contribution in [0.3, 0.4) is 0 Å². The Morgan fingerprint density at radius 2 is 2.14 bits per heavy atom. The van der Waals surface area contributed by atoms with Gasteiger partial charge in [0.2, 0.25) is 5.91 Å². The minimum Gasteiger partial charge on any atom is -0.492 e. The van der Waals surface area contributed by atoms with Gasteiger partial charge in [0.25, 0.3) is 0 Å². The summed E-state index contributed by atoms with van der Waals surface area (Å²) in [5, 5.41) is 3.90. The first kappa shape index (κ1) is 19.4. The standard InChI is InChI=1S/C15H20Cl2N2O2.ClH/c16-11-5-6-14(12(17)8-11)21-7-1-2-15(20)19-9-13(18)10-3-4-10;/h5-6,8,10,13H,1-4,7,9,18H2,(H,19,20);1H. The molecule has 124 valence electrons. The normalized spacial score (nSPS) is 14.9. The fraction of sp³-hybridized carbons (Fsp3) is 0.533. The Hall–Kier alpha value is -0.680. The van der Waals surface area contributed by atoms with Gasteiger partial charge in [-0.15, -0.1) is 12.4 Å². The summed E-state index contributed by atoms with van der Waals surface area (Å²) in [6.07, 6.45) is 3.42. The fourth-order valence-corrected chi connectivity index (χ4v) is 2.48. The molecule has 1 aromatic rings. The summed E-state index contributed by atoms with van der Waals surface area (Å²) in [4.78, 5) is 11.6. The molecule has 7 heteroatoms. The van der Waals surface area contributed by atoms with Gasteiger partial charge >= 0.3 is 0 Å². The Morgan fingerprint density at radius 3 is 2.77 bits per heavy atom. The number of benzene rings is 1. The highest BCUT2D eigenvalue weighted by atomic mass is 35.5. The molecule has 1 aromatic carbocycles. The highest BCUT2D eigenvalue weighted by Gasteiger charge is 2.28. The first-order chi connectivity index (χ1) is 10.1. The minimum absolute atomic E-state index is 0. The quantitative estimate of drug-likeness (QED) is 0.692. The van der Waals surface area contributed by atoms with Crippen LogP contribution in [0.1, 0.15) is 25.7 Å². The summed E-state index contributed by atoms with van der Waals surface area (Å²) in [5.74, 6) is 1.19. The van der Waals surface area contributed by atoms with Crippen LogP contribution < -0.4 is 15.8 Å². The van der Waals surface area contributed by atoms with Crippen molar-refractivity contribution in [1.82, 2.24) is 5.32 Å². The third kappa shape index (κ3) is 6.61. The molecular formula is C15H21Cl3N2O2. The van der Waals surface area contributed by atoms with Crippen molar-refractivity contribution in [2.24, 2.45) is 11.7 Å². The number of nitrogens with two attached hydrogens (primary N) is 1. The van der Waals surface area contributed by atoms with E-state index in [1.165, 1.54) is 12.8 Å². The van der Waals surface area contributed by atoms with E-state index in [4.69, 9.17) is 33.7 Å². The Labute approximate surface area is 147 Å². The number of halogens is 3. The predicted octanol–water partition coefficient (Wildman–Crippen LogP) is 3.43. The molecule has 0 heterocycles. The van der Waals surface area contributed by atoms with Crippen LogP contribution in [0.25, 0.3) is 0 Å². The maximum absolute atomic E-state index is 11.6. The van der Waals surface area contributed by atoms with Gasteiger partial charge in [-0.25, -0.2) is 0 Å². The van der Waals surface area contributed by atoms with Crippen LogP contribution >= 0.6 is 35.6 Å². The SMILES string of the molecule is Cl.NC(CNC(=O)CCCOc1ccc(Cl)cc1Cl)C1CC1. The maximum atomic E-state index is 11.6. The summed E-state index contributed by atoms with van der Waals surface area (Å²) in [6, 6.07) is 5.16. The van der Waals surface area contributed by atoms with E-state index in [0.717, 1.165) is 0 Å². The molecule has 4 nitrogen and oxygen atoms in total. The molecule has 22 heavy (non-hydrogen) atoms. The molecule has 1 saturated carbocycles. The van der Waals surface area contributed by atoms with Crippen LogP contribution in [-0.4, -0.2) is 25.1 Å². The highest BCUT2D eigenvalue weighted by molar-refractivity contribution is 6.35. The summed E-state index contributed by atoms with van der Waals surface area (Å²) in [6.45, 7) is 0.997. The van der Waals surface area contributed by atoms with E-state index in [2.05, 4.69) is 5.32 Å². The molecule has 3 N–H and O–H groups in total. The average molecular weight is 368 g/mol. The largest absolute Gasteiger partial charge is 0.492 e. The van der Waals surface area contributed by atoms with Gasteiger partial charge in [-0.3, -0.25) is 4.79 Å². The fourth-order valence-electron chi connectivity index (χ4n) is 2.02. The smallest absolute Gasteiger partial charge is 0.220 e. The Kier molecular flexibility index (Phi) is 8.33. The van der Waals surface area contributed by atoms with E-state index in [-0.39, 0.29) is 24.4 Å². The highest BCUT2D eigenvalue weighted by Crippen LogP contribution is 2.31. The third-order valence-corrected chi connectivity index (χ3v) is 3.99. The predicted molar refractivity (Wildman–Crippen MR) is 92.1 cm³/mol. The van der Waals surface area contributed by atoms with Gasteiger partial charge in [-0.05, 0) is 43.4 Å². The van der Waals surface area contributed by atoms with Gasteiger partial charge in [0.15, 0.2) is 0 Å². The van der Waals surface area contributed by atoms with Crippen LogP contribution in [-0.2, 0) is 4.79 Å². The molecule has 0 saturated heterocycles. The molecule has 0 aliphatic heterocycles. The lowest BCUT2D eigenvalue weighted by atomic mass is 10.2. The van der Waals surface area contributed by atoms with Crippen molar-refractivity contribution in [2.45, 2.75) is 31.7 Å². The zero-order valence-electron chi connectivity index (χ0n) is 12.2. The van der Waals surface area contributed by atoms with Crippen molar-refractivity contribution in [3.8, 4) is 5.75 Å². The molecule has 1 unspecified atom stereocenters.